The van der Waals surface area contributed by atoms with Gasteiger partial charge in [0.25, 0.3) is 0 Å². The number of hydrogen-bond acceptors (Lipinski definition) is 3. The molecule has 0 saturated carbocycles. The monoisotopic (exact) mass is 185 g/mol. The second-order valence-electron chi connectivity index (χ2n) is 4.49. The van der Waals surface area contributed by atoms with E-state index in [9.17, 15) is 5.11 Å². The van der Waals surface area contributed by atoms with E-state index in [4.69, 9.17) is 4.74 Å². The zero-order valence-corrected chi connectivity index (χ0v) is 8.25. The maximum Gasteiger partial charge on any atom is 0.0706 e. The smallest absolute Gasteiger partial charge is 0.0706 e. The molecule has 0 aromatic carbocycles. The van der Waals surface area contributed by atoms with Crippen LogP contribution in [0.15, 0.2) is 0 Å². The molecule has 0 amide bonds. The Bertz CT molecular complexity index is 176. The molecule has 0 spiro atoms. The van der Waals surface area contributed by atoms with Crippen molar-refractivity contribution in [2.24, 2.45) is 5.92 Å². The number of rotatable bonds is 1. The SMILES string of the molecule is C[C@]1(O)CCOC[C@@H]1[C@H]1CCCN1. The van der Waals surface area contributed by atoms with Crippen molar-refractivity contribution in [2.75, 3.05) is 19.8 Å². The molecule has 2 N–H and O–H groups in total. The molecule has 0 unspecified atom stereocenters. The molecule has 13 heavy (non-hydrogen) atoms. The first-order valence-corrected chi connectivity index (χ1v) is 5.24. The summed E-state index contributed by atoms with van der Waals surface area (Å²) in [5, 5.41) is 13.6. The second-order valence-corrected chi connectivity index (χ2v) is 4.49. The van der Waals surface area contributed by atoms with Gasteiger partial charge in [0.2, 0.25) is 0 Å². The predicted octanol–water partition coefficient (Wildman–Crippen LogP) is 0.526. The lowest BCUT2D eigenvalue weighted by atomic mass is 9.80. The summed E-state index contributed by atoms with van der Waals surface area (Å²) < 4.78 is 5.43. The highest BCUT2D eigenvalue weighted by molar-refractivity contribution is 4.94. The maximum absolute atomic E-state index is 10.2. The summed E-state index contributed by atoms with van der Waals surface area (Å²) in [6.07, 6.45) is 3.19. The van der Waals surface area contributed by atoms with Crippen molar-refractivity contribution in [3.05, 3.63) is 0 Å². The van der Waals surface area contributed by atoms with Crippen LogP contribution in [0.3, 0.4) is 0 Å². The molecule has 76 valence electrons. The Balaban J connectivity index is 2.02. The van der Waals surface area contributed by atoms with Crippen LogP contribution in [0.4, 0.5) is 0 Å². The number of aliphatic hydroxyl groups is 1. The third-order valence-corrected chi connectivity index (χ3v) is 3.43. The molecule has 3 nitrogen and oxygen atoms in total. The van der Waals surface area contributed by atoms with Crippen LogP contribution in [0.2, 0.25) is 0 Å². The summed E-state index contributed by atoms with van der Waals surface area (Å²) in [5.41, 5.74) is -0.528. The van der Waals surface area contributed by atoms with E-state index < -0.39 is 5.60 Å². The first-order valence-electron chi connectivity index (χ1n) is 5.24. The minimum absolute atomic E-state index is 0.281. The van der Waals surface area contributed by atoms with Crippen molar-refractivity contribution in [3.8, 4) is 0 Å². The zero-order valence-electron chi connectivity index (χ0n) is 8.25. The van der Waals surface area contributed by atoms with Gasteiger partial charge in [-0.1, -0.05) is 0 Å². The molecule has 0 bridgehead atoms. The number of hydrogen-bond donors (Lipinski definition) is 2. The van der Waals surface area contributed by atoms with Gasteiger partial charge < -0.3 is 15.2 Å². The van der Waals surface area contributed by atoms with E-state index in [1.807, 2.05) is 6.92 Å². The largest absolute Gasteiger partial charge is 0.390 e. The highest BCUT2D eigenvalue weighted by Crippen LogP contribution is 2.31. The van der Waals surface area contributed by atoms with Crippen LogP contribution >= 0.6 is 0 Å². The van der Waals surface area contributed by atoms with Gasteiger partial charge in [-0.05, 0) is 32.7 Å². The van der Waals surface area contributed by atoms with E-state index in [-0.39, 0.29) is 5.92 Å². The average Bonchev–Trinajstić information content (AvgIpc) is 2.55. The third kappa shape index (κ3) is 1.87. The lowest BCUT2D eigenvalue weighted by molar-refractivity contribution is -0.110. The Morgan fingerprint density at radius 2 is 2.38 bits per heavy atom. The molecule has 2 heterocycles. The molecule has 2 aliphatic heterocycles. The maximum atomic E-state index is 10.2. The van der Waals surface area contributed by atoms with E-state index in [0.29, 0.717) is 19.3 Å². The summed E-state index contributed by atoms with van der Waals surface area (Å²) in [5.74, 6) is 0.281. The van der Waals surface area contributed by atoms with E-state index in [2.05, 4.69) is 5.32 Å². The second kappa shape index (κ2) is 3.56. The van der Waals surface area contributed by atoms with Gasteiger partial charge in [0.1, 0.15) is 0 Å². The van der Waals surface area contributed by atoms with Crippen molar-refractivity contribution in [2.45, 2.75) is 37.8 Å². The molecular formula is C10H19NO2. The van der Waals surface area contributed by atoms with Crippen LogP contribution < -0.4 is 5.32 Å². The molecular weight excluding hydrogens is 166 g/mol. The molecule has 2 rings (SSSR count). The molecule has 3 heteroatoms. The molecule has 3 atom stereocenters. The number of nitrogens with one attached hydrogen (secondary N) is 1. The van der Waals surface area contributed by atoms with Gasteiger partial charge in [-0.2, -0.15) is 0 Å². The van der Waals surface area contributed by atoms with Crippen LogP contribution in [0.5, 0.6) is 0 Å². The summed E-state index contributed by atoms with van der Waals surface area (Å²) in [6.45, 7) is 4.46. The Kier molecular flexibility index (Phi) is 2.58. The van der Waals surface area contributed by atoms with Gasteiger partial charge in [-0.3, -0.25) is 0 Å². The highest BCUT2D eigenvalue weighted by atomic mass is 16.5. The third-order valence-electron chi connectivity index (χ3n) is 3.43. The Hall–Kier alpha value is -0.120. The van der Waals surface area contributed by atoms with Gasteiger partial charge in [0.05, 0.1) is 12.2 Å². The molecule has 0 aliphatic carbocycles. The highest BCUT2D eigenvalue weighted by Gasteiger charge is 2.40. The summed E-state index contributed by atoms with van der Waals surface area (Å²) in [6, 6.07) is 0.468. The number of ether oxygens (including phenoxy) is 1. The summed E-state index contributed by atoms with van der Waals surface area (Å²) in [7, 11) is 0. The van der Waals surface area contributed by atoms with Crippen LogP contribution in [0.25, 0.3) is 0 Å². The lowest BCUT2D eigenvalue weighted by Gasteiger charge is -2.40. The van der Waals surface area contributed by atoms with E-state index in [0.717, 1.165) is 13.0 Å². The van der Waals surface area contributed by atoms with E-state index in [1.165, 1.54) is 12.8 Å². The van der Waals surface area contributed by atoms with Crippen LogP contribution in [-0.2, 0) is 4.74 Å². The van der Waals surface area contributed by atoms with Crippen molar-refractivity contribution < 1.29 is 9.84 Å². The lowest BCUT2D eigenvalue weighted by Crippen LogP contribution is -2.51. The molecule has 0 radical (unpaired) electrons. The molecule has 2 saturated heterocycles. The van der Waals surface area contributed by atoms with Gasteiger partial charge in [-0.25, -0.2) is 0 Å². The van der Waals surface area contributed by atoms with Crippen LogP contribution in [-0.4, -0.2) is 36.5 Å². The van der Waals surface area contributed by atoms with Crippen molar-refractivity contribution >= 4 is 0 Å². The first kappa shape index (κ1) is 9.44. The molecule has 2 fully saturated rings. The normalized spacial score (nSPS) is 46.6. The Morgan fingerprint density at radius 3 is 3.00 bits per heavy atom. The van der Waals surface area contributed by atoms with E-state index in [1.54, 1.807) is 0 Å². The van der Waals surface area contributed by atoms with Crippen molar-refractivity contribution in [1.82, 2.24) is 5.32 Å². The fourth-order valence-corrected chi connectivity index (χ4v) is 2.46. The topological polar surface area (TPSA) is 41.5 Å². The van der Waals surface area contributed by atoms with Crippen LogP contribution in [0.1, 0.15) is 26.2 Å². The Labute approximate surface area is 79.5 Å². The summed E-state index contributed by atoms with van der Waals surface area (Å²) >= 11 is 0. The fraction of sp³-hybridized carbons (Fsp3) is 1.00. The predicted molar refractivity (Wildman–Crippen MR) is 50.6 cm³/mol. The van der Waals surface area contributed by atoms with Crippen LogP contribution in [0, 0.1) is 5.92 Å². The van der Waals surface area contributed by atoms with Crippen molar-refractivity contribution in [1.29, 1.82) is 0 Å². The van der Waals surface area contributed by atoms with Gasteiger partial charge in [0.15, 0.2) is 0 Å². The molecule has 0 aromatic rings. The van der Waals surface area contributed by atoms with Crippen molar-refractivity contribution in [3.63, 3.8) is 0 Å². The average molecular weight is 185 g/mol. The van der Waals surface area contributed by atoms with Gasteiger partial charge in [-0.15, -0.1) is 0 Å². The quantitative estimate of drug-likeness (QED) is 0.626. The first-order chi connectivity index (χ1) is 6.20. The molecule has 2 aliphatic rings. The minimum Gasteiger partial charge on any atom is -0.390 e. The minimum atomic E-state index is -0.528. The fourth-order valence-electron chi connectivity index (χ4n) is 2.46. The standard InChI is InChI=1S/C10H19NO2/c1-10(12)4-6-13-7-8(10)9-3-2-5-11-9/h8-9,11-12H,2-7H2,1H3/t8-,9-,10+/m1/s1. The Morgan fingerprint density at radius 1 is 1.54 bits per heavy atom. The molecule has 0 aromatic heterocycles. The van der Waals surface area contributed by atoms with Gasteiger partial charge >= 0.3 is 0 Å². The van der Waals surface area contributed by atoms with Gasteiger partial charge in [0, 0.05) is 18.6 Å². The zero-order chi connectivity index (χ0) is 9.31. The summed E-state index contributed by atoms with van der Waals surface area (Å²) in [4.78, 5) is 0. The van der Waals surface area contributed by atoms with E-state index >= 15 is 0 Å².